The number of likely N-dealkylation sites (N-methyl/N-ethyl adjacent to an activating group) is 1. The molecule has 0 aliphatic heterocycles. The van der Waals surface area contributed by atoms with Gasteiger partial charge in [0, 0.05) is 33.9 Å². The van der Waals surface area contributed by atoms with Crippen molar-refractivity contribution in [3.63, 3.8) is 0 Å². The van der Waals surface area contributed by atoms with Gasteiger partial charge in [0.1, 0.15) is 5.70 Å². The monoisotopic (exact) mass is 349 g/mol. The van der Waals surface area contributed by atoms with Crippen molar-refractivity contribution in [1.82, 2.24) is 4.90 Å². The van der Waals surface area contributed by atoms with Gasteiger partial charge >= 0.3 is 5.97 Å². The summed E-state index contributed by atoms with van der Waals surface area (Å²) < 4.78 is 15.6. The Balaban J connectivity index is 4.82. The number of rotatable bonds is 11. The molecule has 0 heterocycles. The van der Waals surface area contributed by atoms with Crippen molar-refractivity contribution in [2.75, 3.05) is 47.1 Å². The van der Waals surface area contributed by atoms with Crippen LogP contribution >= 0.6 is 11.6 Å². The van der Waals surface area contributed by atoms with Crippen molar-refractivity contribution in [3.8, 4) is 0 Å². The van der Waals surface area contributed by atoms with Gasteiger partial charge in [-0.3, -0.25) is 0 Å². The molecule has 0 bridgehead atoms. The summed E-state index contributed by atoms with van der Waals surface area (Å²) >= 11 is 6.32. The molecule has 23 heavy (non-hydrogen) atoms. The van der Waals surface area contributed by atoms with E-state index in [9.17, 15) is 4.79 Å². The van der Waals surface area contributed by atoms with Gasteiger partial charge in [-0.15, -0.1) is 0 Å². The molecule has 0 spiro atoms. The summed E-state index contributed by atoms with van der Waals surface area (Å²) in [4.78, 5) is 14.1. The maximum Gasteiger partial charge on any atom is 0.355 e. The van der Waals surface area contributed by atoms with Crippen LogP contribution in [-0.2, 0) is 19.0 Å². The SMILES string of the molecule is CCOC(=O)/C(=C(\Cl)COCCCOC)N(C)CCC(C)(C)C. The van der Waals surface area contributed by atoms with Crippen LogP contribution in [0.25, 0.3) is 0 Å². The Labute approximate surface area is 145 Å². The molecule has 0 saturated carbocycles. The molecule has 0 aliphatic carbocycles. The highest BCUT2D eigenvalue weighted by atomic mass is 35.5. The molecule has 0 rings (SSSR count). The lowest BCUT2D eigenvalue weighted by Crippen LogP contribution is -2.30. The second kappa shape index (κ2) is 11.7. The van der Waals surface area contributed by atoms with E-state index >= 15 is 0 Å². The smallest absolute Gasteiger partial charge is 0.355 e. The van der Waals surface area contributed by atoms with Gasteiger partial charge in [0.2, 0.25) is 0 Å². The molecule has 0 amide bonds. The van der Waals surface area contributed by atoms with Crippen molar-refractivity contribution < 1.29 is 19.0 Å². The quantitative estimate of drug-likeness (QED) is 0.325. The highest BCUT2D eigenvalue weighted by molar-refractivity contribution is 6.31. The lowest BCUT2D eigenvalue weighted by Gasteiger charge is -2.26. The van der Waals surface area contributed by atoms with Crippen LogP contribution in [0, 0.1) is 5.41 Å². The zero-order valence-corrected chi connectivity index (χ0v) is 16.2. The first-order valence-electron chi connectivity index (χ1n) is 8.06. The number of carbonyl (C=O) groups is 1. The molecule has 5 nitrogen and oxygen atoms in total. The summed E-state index contributed by atoms with van der Waals surface area (Å²) in [5.41, 5.74) is 0.557. The van der Waals surface area contributed by atoms with Crippen LogP contribution in [0.1, 0.15) is 40.5 Å². The lowest BCUT2D eigenvalue weighted by atomic mass is 9.92. The molecule has 0 aromatic heterocycles. The van der Waals surface area contributed by atoms with Crippen molar-refractivity contribution >= 4 is 17.6 Å². The molecule has 0 radical (unpaired) electrons. The van der Waals surface area contributed by atoms with Crippen LogP contribution in [-0.4, -0.2) is 58.0 Å². The van der Waals surface area contributed by atoms with Crippen molar-refractivity contribution in [3.05, 3.63) is 10.7 Å². The molecule has 0 unspecified atom stereocenters. The minimum Gasteiger partial charge on any atom is -0.461 e. The zero-order valence-electron chi connectivity index (χ0n) is 15.4. The van der Waals surface area contributed by atoms with Gasteiger partial charge in [-0.1, -0.05) is 32.4 Å². The summed E-state index contributed by atoms with van der Waals surface area (Å²) in [7, 11) is 3.50. The number of hydrogen-bond donors (Lipinski definition) is 0. The van der Waals surface area contributed by atoms with Gasteiger partial charge in [0.25, 0.3) is 0 Å². The molecule has 6 heteroatoms. The van der Waals surface area contributed by atoms with Crippen LogP contribution in [0.4, 0.5) is 0 Å². The standard InChI is InChI=1S/C17H32ClNO4/c1-7-23-16(20)15(19(5)10-9-17(2,3)4)14(18)13-22-12-8-11-21-6/h7-13H2,1-6H3/b15-14+. The van der Waals surface area contributed by atoms with Crippen LogP contribution in [0.3, 0.4) is 0 Å². The molecule has 0 saturated heterocycles. The molecule has 0 aliphatic rings. The topological polar surface area (TPSA) is 48.0 Å². The van der Waals surface area contributed by atoms with E-state index in [1.165, 1.54) is 0 Å². The van der Waals surface area contributed by atoms with Crippen molar-refractivity contribution in [2.45, 2.75) is 40.5 Å². The van der Waals surface area contributed by atoms with Crippen molar-refractivity contribution in [2.24, 2.45) is 5.41 Å². The Morgan fingerprint density at radius 3 is 2.39 bits per heavy atom. The first-order valence-corrected chi connectivity index (χ1v) is 8.44. The number of ether oxygens (including phenoxy) is 3. The summed E-state index contributed by atoms with van der Waals surface area (Å²) in [6.45, 7) is 10.7. The van der Waals surface area contributed by atoms with Gasteiger partial charge in [-0.05, 0) is 25.2 Å². The first kappa shape index (κ1) is 22.2. The molecule has 0 aromatic carbocycles. The van der Waals surface area contributed by atoms with Gasteiger partial charge in [-0.2, -0.15) is 0 Å². The number of carbonyl (C=O) groups excluding carboxylic acids is 1. The summed E-state index contributed by atoms with van der Waals surface area (Å²) in [6.07, 6.45) is 1.72. The zero-order chi connectivity index (χ0) is 17.9. The van der Waals surface area contributed by atoms with Crippen LogP contribution < -0.4 is 0 Å². The molecule has 0 atom stereocenters. The Bertz CT molecular complexity index is 377. The highest BCUT2D eigenvalue weighted by Gasteiger charge is 2.22. The van der Waals surface area contributed by atoms with E-state index in [1.807, 2.05) is 11.9 Å². The average Bonchev–Trinajstić information content (AvgIpc) is 2.44. The minimum absolute atomic E-state index is 0.178. The predicted octanol–water partition coefficient (Wildman–Crippen LogP) is 3.42. The van der Waals surface area contributed by atoms with Gasteiger partial charge in [0.15, 0.2) is 0 Å². The Kier molecular flexibility index (Phi) is 11.3. The van der Waals surface area contributed by atoms with E-state index in [-0.39, 0.29) is 12.0 Å². The Morgan fingerprint density at radius 2 is 1.87 bits per heavy atom. The van der Waals surface area contributed by atoms with Crippen LogP contribution in [0.5, 0.6) is 0 Å². The fraction of sp³-hybridized carbons (Fsp3) is 0.824. The molecule has 0 N–H and O–H groups in total. The number of nitrogens with zero attached hydrogens (tertiary/aromatic N) is 1. The molecular formula is C17H32ClNO4. The minimum atomic E-state index is -0.408. The summed E-state index contributed by atoms with van der Waals surface area (Å²) in [5, 5.41) is 0.372. The summed E-state index contributed by atoms with van der Waals surface area (Å²) in [6, 6.07) is 0. The maximum absolute atomic E-state index is 12.2. The molecule has 0 aromatic rings. The van der Waals surface area contributed by atoms with Crippen molar-refractivity contribution in [1.29, 1.82) is 0 Å². The van der Waals surface area contributed by atoms with E-state index in [0.29, 0.717) is 30.5 Å². The third kappa shape index (κ3) is 10.6. The van der Waals surface area contributed by atoms with Crippen LogP contribution in [0.2, 0.25) is 0 Å². The largest absolute Gasteiger partial charge is 0.461 e. The van der Waals surface area contributed by atoms with E-state index in [4.69, 9.17) is 25.8 Å². The van der Waals surface area contributed by atoms with E-state index in [0.717, 1.165) is 19.4 Å². The van der Waals surface area contributed by atoms with Gasteiger partial charge in [-0.25, -0.2) is 4.79 Å². The predicted molar refractivity (Wildman–Crippen MR) is 93.5 cm³/mol. The number of esters is 1. The van der Waals surface area contributed by atoms with E-state index < -0.39 is 5.97 Å². The first-order chi connectivity index (χ1) is 10.7. The highest BCUT2D eigenvalue weighted by Crippen LogP contribution is 2.22. The molecule has 136 valence electrons. The average molecular weight is 350 g/mol. The fourth-order valence-electron chi connectivity index (χ4n) is 1.82. The van der Waals surface area contributed by atoms with E-state index in [2.05, 4.69) is 20.8 Å². The third-order valence-electron chi connectivity index (χ3n) is 3.17. The maximum atomic E-state index is 12.2. The molecule has 0 fully saturated rings. The van der Waals surface area contributed by atoms with Gasteiger partial charge < -0.3 is 19.1 Å². The Morgan fingerprint density at radius 1 is 1.22 bits per heavy atom. The number of halogens is 1. The Hall–Kier alpha value is -0.780. The normalized spacial score (nSPS) is 12.8. The van der Waals surface area contributed by atoms with Crippen LogP contribution in [0.15, 0.2) is 10.7 Å². The second-order valence-electron chi connectivity index (χ2n) is 6.61. The van der Waals surface area contributed by atoms with E-state index in [1.54, 1.807) is 14.0 Å². The number of hydrogen-bond acceptors (Lipinski definition) is 5. The van der Waals surface area contributed by atoms with Gasteiger partial charge in [0.05, 0.1) is 18.2 Å². The molecular weight excluding hydrogens is 318 g/mol. The third-order valence-corrected chi connectivity index (χ3v) is 3.46. The number of methoxy groups -OCH3 is 1. The fourth-order valence-corrected chi connectivity index (χ4v) is 2.12. The second-order valence-corrected chi connectivity index (χ2v) is 7.06. The summed E-state index contributed by atoms with van der Waals surface area (Å²) in [5.74, 6) is -0.408. The lowest BCUT2D eigenvalue weighted by molar-refractivity contribution is -0.140.